The Morgan fingerprint density at radius 3 is 3.00 bits per heavy atom. The molecule has 1 aromatic rings. The Balaban J connectivity index is 2.28. The molecule has 78 valence electrons. The third-order valence-electron chi connectivity index (χ3n) is 1.79. The Kier molecular flexibility index (Phi) is 4.06. The van der Waals surface area contributed by atoms with Crippen LogP contribution in [-0.2, 0) is 0 Å². The lowest BCUT2D eigenvalue weighted by Gasteiger charge is -2.10. The molecule has 0 saturated carbocycles. The minimum absolute atomic E-state index is 0.217. The quantitative estimate of drug-likeness (QED) is 0.588. The van der Waals surface area contributed by atoms with Crippen LogP contribution < -0.4 is 10.6 Å². The smallest absolute Gasteiger partial charge is 0.288 e. The zero-order chi connectivity index (χ0) is 10.4. The second-order valence-corrected chi connectivity index (χ2v) is 3.21. The number of hydrogen-bond acceptors (Lipinski definition) is 4. The fourth-order valence-electron chi connectivity index (χ4n) is 1.09. The van der Waals surface area contributed by atoms with Crippen molar-refractivity contribution in [1.29, 1.82) is 0 Å². The van der Waals surface area contributed by atoms with Gasteiger partial charge in [-0.1, -0.05) is 6.92 Å². The zero-order valence-corrected chi connectivity index (χ0v) is 8.37. The lowest BCUT2D eigenvalue weighted by molar-refractivity contribution is 0.0938. The molecule has 1 heterocycles. The highest BCUT2D eigenvalue weighted by Crippen LogP contribution is 1.91. The van der Waals surface area contributed by atoms with E-state index in [1.54, 1.807) is 0 Å². The van der Waals surface area contributed by atoms with Gasteiger partial charge in [-0.2, -0.15) is 5.10 Å². The minimum atomic E-state index is -0.217. The van der Waals surface area contributed by atoms with Gasteiger partial charge >= 0.3 is 0 Å². The van der Waals surface area contributed by atoms with Crippen LogP contribution in [-0.4, -0.2) is 41.2 Å². The van der Waals surface area contributed by atoms with Gasteiger partial charge in [-0.3, -0.25) is 9.89 Å². The topological polar surface area (TPSA) is 82.7 Å². The van der Waals surface area contributed by atoms with Crippen molar-refractivity contribution in [2.45, 2.75) is 6.92 Å². The summed E-state index contributed by atoms with van der Waals surface area (Å²) in [6, 6.07) is 0. The van der Waals surface area contributed by atoms with Crippen LogP contribution >= 0.6 is 0 Å². The predicted molar refractivity (Wildman–Crippen MR) is 51.8 cm³/mol. The highest BCUT2D eigenvalue weighted by atomic mass is 16.2. The molecule has 0 bridgehead atoms. The number of hydrogen-bond donors (Lipinski definition) is 3. The number of nitrogens with zero attached hydrogens (tertiary/aromatic N) is 2. The molecule has 0 aromatic carbocycles. The van der Waals surface area contributed by atoms with Crippen LogP contribution in [0.4, 0.5) is 0 Å². The Morgan fingerprint density at radius 2 is 2.43 bits per heavy atom. The van der Waals surface area contributed by atoms with E-state index in [2.05, 4.69) is 32.7 Å². The van der Waals surface area contributed by atoms with Crippen LogP contribution in [0.25, 0.3) is 0 Å². The maximum atomic E-state index is 11.3. The summed E-state index contributed by atoms with van der Waals surface area (Å²) < 4.78 is 0. The van der Waals surface area contributed by atoms with E-state index in [4.69, 9.17) is 0 Å². The van der Waals surface area contributed by atoms with E-state index in [0.29, 0.717) is 12.5 Å². The second-order valence-electron chi connectivity index (χ2n) is 3.21. The van der Waals surface area contributed by atoms with E-state index in [1.807, 2.05) is 7.05 Å². The predicted octanol–water partition coefficient (Wildman–Crippen LogP) is -0.610. The number of carbonyl (C=O) groups excluding carboxylic acids is 1. The molecular weight excluding hydrogens is 182 g/mol. The molecule has 6 nitrogen and oxygen atoms in total. The van der Waals surface area contributed by atoms with Crippen molar-refractivity contribution >= 4 is 5.91 Å². The summed E-state index contributed by atoms with van der Waals surface area (Å²) in [6.45, 7) is 3.55. The van der Waals surface area contributed by atoms with E-state index >= 15 is 0 Å². The molecule has 1 amide bonds. The number of aromatic nitrogens is 3. The molecule has 0 aliphatic carbocycles. The van der Waals surface area contributed by atoms with Gasteiger partial charge in [0.15, 0.2) is 0 Å². The molecule has 1 rings (SSSR count). The summed E-state index contributed by atoms with van der Waals surface area (Å²) in [5, 5.41) is 11.9. The van der Waals surface area contributed by atoms with Gasteiger partial charge in [0.2, 0.25) is 5.82 Å². The van der Waals surface area contributed by atoms with Crippen LogP contribution in [0.3, 0.4) is 0 Å². The van der Waals surface area contributed by atoms with Gasteiger partial charge in [0, 0.05) is 6.54 Å². The first-order valence-corrected chi connectivity index (χ1v) is 4.52. The second kappa shape index (κ2) is 5.33. The van der Waals surface area contributed by atoms with Gasteiger partial charge in [0.25, 0.3) is 5.91 Å². The molecule has 6 heteroatoms. The van der Waals surface area contributed by atoms with Crippen LogP contribution in [0.15, 0.2) is 6.33 Å². The SMILES string of the molecule is CNCC(C)CNC(=O)c1ncn[nH]1. The fourth-order valence-corrected chi connectivity index (χ4v) is 1.09. The molecule has 0 radical (unpaired) electrons. The van der Waals surface area contributed by atoms with E-state index in [9.17, 15) is 4.79 Å². The van der Waals surface area contributed by atoms with Gasteiger partial charge < -0.3 is 10.6 Å². The first-order valence-electron chi connectivity index (χ1n) is 4.52. The Hall–Kier alpha value is -1.43. The van der Waals surface area contributed by atoms with E-state index < -0.39 is 0 Å². The monoisotopic (exact) mass is 197 g/mol. The minimum Gasteiger partial charge on any atom is -0.349 e. The fraction of sp³-hybridized carbons (Fsp3) is 0.625. The largest absolute Gasteiger partial charge is 0.349 e. The maximum absolute atomic E-state index is 11.3. The molecule has 3 N–H and O–H groups in total. The van der Waals surface area contributed by atoms with E-state index in [0.717, 1.165) is 6.54 Å². The summed E-state index contributed by atoms with van der Waals surface area (Å²) in [7, 11) is 1.88. The number of H-pyrrole nitrogens is 1. The molecule has 0 spiro atoms. The third-order valence-corrected chi connectivity index (χ3v) is 1.79. The molecule has 0 aliphatic rings. The van der Waals surface area contributed by atoms with Crippen molar-refractivity contribution in [2.75, 3.05) is 20.1 Å². The number of carbonyl (C=O) groups is 1. The number of aromatic amines is 1. The lowest BCUT2D eigenvalue weighted by Crippen LogP contribution is -2.32. The van der Waals surface area contributed by atoms with Crippen molar-refractivity contribution in [1.82, 2.24) is 25.8 Å². The standard InChI is InChI=1S/C8H15N5O/c1-6(3-9-2)4-10-8(14)7-11-5-12-13-7/h5-6,9H,3-4H2,1-2H3,(H,10,14)(H,11,12,13). The normalized spacial score (nSPS) is 12.4. The lowest BCUT2D eigenvalue weighted by atomic mass is 10.2. The first-order chi connectivity index (χ1) is 6.74. The molecule has 1 aromatic heterocycles. The highest BCUT2D eigenvalue weighted by Gasteiger charge is 2.09. The van der Waals surface area contributed by atoms with Gasteiger partial charge in [0.1, 0.15) is 6.33 Å². The molecule has 0 aliphatic heterocycles. The summed E-state index contributed by atoms with van der Waals surface area (Å²) >= 11 is 0. The van der Waals surface area contributed by atoms with Crippen molar-refractivity contribution < 1.29 is 4.79 Å². The average molecular weight is 197 g/mol. The van der Waals surface area contributed by atoms with Gasteiger partial charge in [-0.05, 0) is 19.5 Å². The zero-order valence-electron chi connectivity index (χ0n) is 8.37. The van der Waals surface area contributed by atoms with Crippen molar-refractivity contribution in [2.24, 2.45) is 5.92 Å². The molecule has 0 saturated heterocycles. The third kappa shape index (κ3) is 3.14. The summed E-state index contributed by atoms with van der Waals surface area (Å²) in [5.74, 6) is 0.430. The van der Waals surface area contributed by atoms with Crippen LogP contribution in [0.2, 0.25) is 0 Å². The van der Waals surface area contributed by atoms with Crippen molar-refractivity contribution in [3.63, 3.8) is 0 Å². The van der Waals surface area contributed by atoms with Gasteiger partial charge in [-0.25, -0.2) is 4.98 Å². The van der Waals surface area contributed by atoms with Crippen LogP contribution in [0.1, 0.15) is 17.5 Å². The van der Waals surface area contributed by atoms with E-state index in [1.165, 1.54) is 6.33 Å². The molecule has 14 heavy (non-hydrogen) atoms. The molecule has 0 fully saturated rings. The Morgan fingerprint density at radius 1 is 1.64 bits per heavy atom. The first kappa shape index (κ1) is 10.6. The van der Waals surface area contributed by atoms with Crippen molar-refractivity contribution in [3.05, 3.63) is 12.2 Å². The van der Waals surface area contributed by atoms with Crippen molar-refractivity contribution in [3.8, 4) is 0 Å². The molecule has 1 atom stereocenters. The Labute approximate surface area is 82.5 Å². The maximum Gasteiger partial charge on any atom is 0.288 e. The Bertz CT molecular complexity index is 271. The summed E-state index contributed by atoms with van der Waals surface area (Å²) in [6.07, 6.45) is 1.31. The summed E-state index contributed by atoms with van der Waals surface area (Å²) in [4.78, 5) is 15.1. The van der Waals surface area contributed by atoms with Gasteiger partial charge in [-0.15, -0.1) is 0 Å². The number of rotatable bonds is 5. The highest BCUT2D eigenvalue weighted by molar-refractivity contribution is 5.90. The van der Waals surface area contributed by atoms with Gasteiger partial charge in [0.05, 0.1) is 0 Å². The van der Waals surface area contributed by atoms with Crippen LogP contribution in [0.5, 0.6) is 0 Å². The summed E-state index contributed by atoms with van der Waals surface area (Å²) in [5.41, 5.74) is 0. The number of amides is 1. The number of nitrogens with one attached hydrogen (secondary N) is 3. The van der Waals surface area contributed by atoms with Crippen LogP contribution in [0, 0.1) is 5.92 Å². The molecule has 1 unspecified atom stereocenters. The van der Waals surface area contributed by atoms with E-state index in [-0.39, 0.29) is 11.7 Å². The molecular formula is C8H15N5O. The average Bonchev–Trinajstić information content (AvgIpc) is 2.67.